The molecular formula is C14H23N3. The highest BCUT2D eigenvalue weighted by molar-refractivity contribution is 5.45. The Morgan fingerprint density at radius 1 is 1.41 bits per heavy atom. The molecule has 94 valence electrons. The molecule has 0 radical (unpaired) electrons. The van der Waals surface area contributed by atoms with Gasteiger partial charge in [-0.3, -0.25) is 0 Å². The van der Waals surface area contributed by atoms with Gasteiger partial charge in [0.25, 0.3) is 0 Å². The fraction of sp³-hybridized carbons (Fsp3) is 0.643. The van der Waals surface area contributed by atoms with Gasteiger partial charge in [0, 0.05) is 24.8 Å². The van der Waals surface area contributed by atoms with Crippen molar-refractivity contribution in [3.05, 3.63) is 23.4 Å². The van der Waals surface area contributed by atoms with Crippen LogP contribution in [-0.2, 0) is 13.0 Å². The number of pyridine rings is 1. The van der Waals surface area contributed by atoms with Crippen LogP contribution in [0.2, 0.25) is 0 Å². The lowest BCUT2D eigenvalue weighted by Gasteiger charge is -2.25. The summed E-state index contributed by atoms with van der Waals surface area (Å²) in [5.41, 5.74) is 8.12. The highest BCUT2D eigenvalue weighted by atomic mass is 15.2. The molecule has 1 atom stereocenters. The van der Waals surface area contributed by atoms with Crippen molar-refractivity contribution in [3.63, 3.8) is 0 Å². The van der Waals surface area contributed by atoms with Crippen LogP contribution >= 0.6 is 0 Å². The molecule has 1 unspecified atom stereocenters. The van der Waals surface area contributed by atoms with E-state index in [0.717, 1.165) is 24.5 Å². The Bertz CT molecular complexity index is 353. The van der Waals surface area contributed by atoms with Gasteiger partial charge in [0.1, 0.15) is 5.82 Å². The van der Waals surface area contributed by atoms with Gasteiger partial charge in [-0.05, 0) is 43.4 Å². The molecule has 1 aromatic heterocycles. The SMILES string of the molecule is CCc1cc(CN)cc(N2CCCC2CC)n1. The number of aromatic nitrogens is 1. The Hall–Kier alpha value is -1.09. The van der Waals surface area contributed by atoms with Crippen molar-refractivity contribution in [2.45, 2.75) is 52.1 Å². The van der Waals surface area contributed by atoms with Crippen LogP contribution in [0.3, 0.4) is 0 Å². The first-order chi connectivity index (χ1) is 8.28. The Morgan fingerprint density at radius 2 is 2.24 bits per heavy atom. The number of hydrogen-bond acceptors (Lipinski definition) is 3. The average molecular weight is 233 g/mol. The zero-order valence-corrected chi connectivity index (χ0v) is 10.9. The summed E-state index contributed by atoms with van der Waals surface area (Å²) in [6.45, 7) is 6.15. The summed E-state index contributed by atoms with van der Waals surface area (Å²) < 4.78 is 0. The van der Waals surface area contributed by atoms with Crippen LogP contribution in [-0.4, -0.2) is 17.6 Å². The van der Waals surface area contributed by atoms with Gasteiger partial charge in [0.2, 0.25) is 0 Å². The highest BCUT2D eigenvalue weighted by Gasteiger charge is 2.24. The second-order valence-electron chi connectivity index (χ2n) is 4.78. The first-order valence-electron chi connectivity index (χ1n) is 6.75. The molecule has 1 aliphatic heterocycles. The molecule has 0 saturated carbocycles. The topological polar surface area (TPSA) is 42.1 Å². The van der Waals surface area contributed by atoms with E-state index in [1.54, 1.807) is 0 Å². The second-order valence-corrected chi connectivity index (χ2v) is 4.78. The van der Waals surface area contributed by atoms with Gasteiger partial charge in [-0.1, -0.05) is 13.8 Å². The highest BCUT2D eigenvalue weighted by Crippen LogP contribution is 2.26. The van der Waals surface area contributed by atoms with E-state index in [0.29, 0.717) is 12.6 Å². The molecule has 0 aliphatic carbocycles. The van der Waals surface area contributed by atoms with Gasteiger partial charge in [-0.15, -0.1) is 0 Å². The van der Waals surface area contributed by atoms with E-state index in [-0.39, 0.29) is 0 Å². The minimum absolute atomic E-state index is 0.604. The minimum Gasteiger partial charge on any atom is -0.354 e. The van der Waals surface area contributed by atoms with Crippen molar-refractivity contribution in [2.24, 2.45) is 5.73 Å². The molecule has 1 fully saturated rings. The van der Waals surface area contributed by atoms with E-state index in [2.05, 4.69) is 30.9 Å². The van der Waals surface area contributed by atoms with E-state index < -0.39 is 0 Å². The van der Waals surface area contributed by atoms with Crippen molar-refractivity contribution in [1.82, 2.24) is 4.98 Å². The molecule has 17 heavy (non-hydrogen) atoms. The van der Waals surface area contributed by atoms with Gasteiger partial charge in [0.15, 0.2) is 0 Å². The van der Waals surface area contributed by atoms with E-state index in [1.807, 2.05) is 0 Å². The first kappa shape index (κ1) is 12.4. The van der Waals surface area contributed by atoms with Gasteiger partial charge < -0.3 is 10.6 Å². The van der Waals surface area contributed by atoms with Crippen molar-refractivity contribution in [1.29, 1.82) is 0 Å². The molecule has 1 aromatic rings. The molecule has 2 heterocycles. The van der Waals surface area contributed by atoms with Crippen LogP contribution in [0.4, 0.5) is 5.82 Å². The predicted molar refractivity (Wildman–Crippen MR) is 72.2 cm³/mol. The fourth-order valence-electron chi connectivity index (χ4n) is 2.64. The largest absolute Gasteiger partial charge is 0.354 e. The van der Waals surface area contributed by atoms with Crippen molar-refractivity contribution in [3.8, 4) is 0 Å². The van der Waals surface area contributed by atoms with E-state index in [4.69, 9.17) is 10.7 Å². The maximum atomic E-state index is 5.76. The quantitative estimate of drug-likeness (QED) is 0.868. The van der Waals surface area contributed by atoms with Crippen LogP contribution in [0.15, 0.2) is 12.1 Å². The smallest absolute Gasteiger partial charge is 0.129 e. The number of nitrogens with zero attached hydrogens (tertiary/aromatic N) is 2. The number of anilines is 1. The third kappa shape index (κ3) is 2.60. The first-order valence-corrected chi connectivity index (χ1v) is 6.75. The molecule has 1 aliphatic rings. The Kier molecular flexibility index (Phi) is 4.00. The Labute approximate surface area is 104 Å². The summed E-state index contributed by atoms with van der Waals surface area (Å²) in [6, 6.07) is 4.95. The van der Waals surface area contributed by atoms with Crippen LogP contribution in [0.25, 0.3) is 0 Å². The zero-order chi connectivity index (χ0) is 12.3. The molecule has 3 nitrogen and oxygen atoms in total. The van der Waals surface area contributed by atoms with Gasteiger partial charge in [-0.2, -0.15) is 0 Å². The Morgan fingerprint density at radius 3 is 2.88 bits per heavy atom. The standard InChI is InChI=1S/C14H23N3/c1-3-12-8-11(10-15)9-14(16-12)17-7-5-6-13(17)4-2/h8-9,13H,3-7,10,15H2,1-2H3. The van der Waals surface area contributed by atoms with Crippen molar-refractivity contribution >= 4 is 5.82 Å². The molecule has 0 aromatic carbocycles. The third-order valence-electron chi connectivity index (χ3n) is 3.67. The third-order valence-corrected chi connectivity index (χ3v) is 3.67. The second kappa shape index (κ2) is 5.50. The predicted octanol–water partition coefficient (Wildman–Crippen LogP) is 2.48. The number of hydrogen-bond donors (Lipinski definition) is 1. The maximum absolute atomic E-state index is 5.76. The van der Waals surface area contributed by atoms with Gasteiger partial charge in [0.05, 0.1) is 0 Å². The fourth-order valence-corrected chi connectivity index (χ4v) is 2.64. The van der Waals surface area contributed by atoms with E-state index in [9.17, 15) is 0 Å². The minimum atomic E-state index is 0.604. The lowest BCUT2D eigenvalue weighted by molar-refractivity contribution is 0.639. The van der Waals surface area contributed by atoms with E-state index in [1.165, 1.54) is 24.8 Å². The molecular weight excluding hydrogens is 210 g/mol. The summed E-state index contributed by atoms with van der Waals surface area (Å²) in [5.74, 6) is 1.13. The molecule has 0 spiro atoms. The summed E-state index contributed by atoms with van der Waals surface area (Å²) >= 11 is 0. The lowest BCUT2D eigenvalue weighted by Crippen LogP contribution is -2.29. The van der Waals surface area contributed by atoms with Crippen molar-refractivity contribution < 1.29 is 0 Å². The van der Waals surface area contributed by atoms with Crippen LogP contribution < -0.4 is 10.6 Å². The number of nitrogens with two attached hydrogens (primary N) is 1. The van der Waals surface area contributed by atoms with Gasteiger partial charge in [-0.25, -0.2) is 4.98 Å². The monoisotopic (exact) mass is 233 g/mol. The summed E-state index contributed by atoms with van der Waals surface area (Å²) in [5, 5.41) is 0. The summed E-state index contributed by atoms with van der Waals surface area (Å²) in [6.07, 6.45) is 4.77. The summed E-state index contributed by atoms with van der Waals surface area (Å²) in [7, 11) is 0. The zero-order valence-electron chi connectivity index (χ0n) is 10.9. The molecule has 2 rings (SSSR count). The van der Waals surface area contributed by atoms with E-state index >= 15 is 0 Å². The Balaban J connectivity index is 2.30. The average Bonchev–Trinajstić information content (AvgIpc) is 2.86. The summed E-state index contributed by atoms with van der Waals surface area (Å²) in [4.78, 5) is 7.21. The molecule has 2 N–H and O–H groups in total. The molecule has 0 amide bonds. The van der Waals surface area contributed by atoms with Crippen LogP contribution in [0, 0.1) is 0 Å². The number of aryl methyl sites for hydroxylation is 1. The normalized spacial score (nSPS) is 19.9. The van der Waals surface area contributed by atoms with Crippen LogP contribution in [0.1, 0.15) is 44.4 Å². The van der Waals surface area contributed by atoms with Gasteiger partial charge >= 0.3 is 0 Å². The maximum Gasteiger partial charge on any atom is 0.129 e. The van der Waals surface area contributed by atoms with Crippen molar-refractivity contribution in [2.75, 3.05) is 11.4 Å². The molecule has 1 saturated heterocycles. The molecule has 3 heteroatoms. The number of rotatable bonds is 4. The molecule has 0 bridgehead atoms. The van der Waals surface area contributed by atoms with Crippen LogP contribution in [0.5, 0.6) is 0 Å². The lowest BCUT2D eigenvalue weighted by atomic mass is 10.1.